The molecule has 18 heavy (non-hydrogen) atoms. The van der Waals surface area contributed by atoms with Crippen molar-refractivity contribution in [3.05, 3.63) is 29.8 Å². The summed E-state index contributed by atoms with van der Waals surface area (Å²) in [4.78, 5) is 11.7. The first-order valence-electron chi connectivity index (χ1n) is 5.32. The molecule has 1 unspecified atom stereocenters. The molecule has 5 heteroatoms. The molecular formula is C13H13F2NO2. The predicted molar refractivity (Wildman–Crippen MR) is 63.5 cm³/mol. The number of ether oxygens (including phenoxy) is 1. The van der Waals surface area contributed by atoms with Crippen molar-refractivity contribution < 1.29 is 18.3 Å². The lowest BCUT2D eigenvalue weighted by molar-refractivity contribution is -0.0498. The summed E-state index contributed by atoms with van der Waals surface area (Å²) in [6, 6.07) is 5.41. The molecule has 1 N–H and O–H groups in total. The molecule has 1 aromatic rings. The van der Waals surface area contributed by atoms with Gasteiger partial charge in [-0.2, -0.15) is 8.78 Å². The Morgan fingerprint density at radius 1 is 1.56 bits per heavy atom. The van der Waals surface area contributed by atoms with E-state index >= 15 is 0 Å². The number of hydrogen-bond donors (Lipinski definition) is 1. The van der Waals surface area contributed by atoms with Crippen molar-refractivity contribution in [2.45, 2.75) is 26.0 Å². The summed E-state index contributed by atoms with van der Waals surface area (Å²) in [5.74, 6) is 1.99. The highest BCUT2D eigenvalue weighted by molar-refractivity contribution is 5.94. The van der Waals surface area contributed by atoms with E-state index in [1.807, 2.05) is 0 Å². The monoisotopic (exact) mass is 253 g/mol. The zero-order valence-corrected chi connectivity index (χ0v) is 9.82. The van der Waals surface area contributed by atoms with Crippen molar-refractivity contribution in [1.82, 2.24) is 5.32 Å². The van der Waals surface area contributed by atoms with Crippen LogP contribution >= 0.6 is 0 Å². The van der Waals surface area contributed by atoms with Crippen LogP contribution in [0.1, 0.15) is 23.7 Å². The minimum atomic E-state index is -2.91. The molecule has 96 valence electrons. The average Bonchev–Trinajstić information content (AvgIpc) is 2.28. The Hall–Kier alpha value is -2.09. The first-order valence-corrected chi connectivity index (χ1v) is 5.32. The van der Waals surface area contributed by atoms with Crippen LogP contribution in [0.3, 0.4) is 0 Å². The Morgan fingerprint density at radius 3 is 2.89 bits per heavy atom. The van der Waals surface area contributed by atoms with Crippen molar-refractivity contribution in [3.8, 4) is 18.1 Å². The summed E-state index contributed by atoms with van der Waals surface area (Å²) in [5, 5.41) is 2.65. The summed E-state index contributed by atoms with van der Waals surface area (Å²) in [6.07, 6.45) is 5.52. The van der Waals surface area contributed by atoms with Gasteiger partial charge in [0, 0.05) is 18.0 Å². The van der Waals surface area contributed by atoms with Crippen LogP contribution in [0.25, 0.3) is 0 Å². The van der Waals surface area contributed by atoms with Crippen molar-refractivity contribution >= 4 is 5.91 Å². The van der Waals surface area contributed by atoms with Crippen LogP contribution in [0.2, 0.25) is 0 Å². The van der Waals surface area contributed by atoms with E-state index in [0.29, 0.717) is 6.42 Å². The van der Waals surface area contributed by atoms with Gasteiger partial charge in [-0.15, -0.1) is 12.3 Å². The van der Waals surface area contributed by atoms with Gasteiger partial charge in [-0.1, -0.05) is 6.07 Å². The lowest BCUT2D eigenvalue weighted by Crippen LogP contribution is -2.32. The number of benzene rings is 1. The maximum absolute atomic E-state index is 12.0. The molecule has 0 radical (unpaired) electrons. The molecule has 0 aromatic heterocycles. The van der Waals surface area contributed by atoms with E-state index < -0.39 is 6.61 Å². The topological polar surface area (TPSA) is 38.3 Å². The van der Waals surface area contributed by atoms with Crippen molar-refractivity contribution in [2.75, 3.05) is 0 Å². The van der Waals surface area contributed by atoms with Crippen LogP contribution < -0.4 is 10.1 Å². The quantitative estimate of drug-likeness (QED) is 0.818. The van der Waals surface area contributed by atoms with Crippen LogP contribution in [0, 0.1) is 12.3 Å². The molecule has 0 spiro atoms. The highest BCUT2D eigenvalue weighted by Gasteiger charge is 2.11. The summed E-state index contributed by atoms with van der Waals surface area (Å²) in [7, 11) is 0. The van der Waals surface area contributed by atoms with E-state index in [0.717, 1.165) is 0 Å². The summed E-state index contributed by atoms with van der Waals surface area (Å²) in [6.45, 7) is -1.15. The Morgan fingerprint density at radius 2 is 2.28 bits per heavy atom. The number of carbonyl (C=O) groups is 1. The number of hydrogen-bond acceptors (Lipinski definition) is 2. The summed E-state index contributed by atoms with van der Waals surface area (Å²) < 4.78 is 28.2. The third-order valence-corrected chi connectivity index (χ3v) is 2.12. The number of rotatable bonds is 5. The van der Waals surface area contributed by atoms with Gasteiger partial charge in [0.2, 0.25) is 0 Å². The normalized spacial score (nSPS) is 11.7. The Balaban J connectivity index is 2.71. The van der Waals surface area contributed by atoms with Crippen LogP contribution in [0.15, 0.2) is 24.3 Å². The molecule has 1 atom stereocenters. The van der Waals surface area contributed by atoms with Gasteiger partial charge in [-0.25, -0.2) is 0 Å². The number of nitrogens with one attached hydrogen (secondary N) is 1. The molecular weight excluding hydrogens is 240 g/mol. The van der Waals surface area contributed by atoms with Crippen LogP contribution in [0.4, 0.5) is 8.78 Å². The fourth-order valence-electron chi connectivity index (χ4n) is 1.35. The molecule has 0 saturated carbocycles. The number of alkyl halides is 2. The molecule has 1 amide bonds. The SMILES string of the molecule is C#CCC(C)NC(=O)c1cccc(OC(F)F)c1. The number of halogens is 2. The largest absolute Gasteiger partial charge is 0.435 e. The Labute approximate surface area is 104 Å². The third kappa shape index (κ3) is 4.42. The molecule has 1 aromatic carbocycles. The van der Waals surface area contributed by atoms with E-state index in [2.05, 4.69) is 16.0 Å². The smallest absolute Gasteiger partial charge is 0.387 e. The number of amides is 1. The molecule has 0 heterocycles. The van der Waals surface area contributed by atoms with Gasteiger partial charge in [-0.3, -0.25) is 4.79 Å². The second kappa shape index (κ2) is 6.60. The van der Waals surface area contributed by atoms with Gasteiger partial charge in [0.15, 0.2) is 0 Å². The minimum Gasteiger partial charge on any atom is -0.435 e. The standard InChI is InChI=1S/C13H13F2NO2/c1-3-5-9(2)16-12(17)10-6-4-7-11(8-10)18-13(14)15/h1,4,6-9,13H,5H2,2H3,(H,16,17). The average molecular weight is 253 g/mol. The first-order chi connectivity index (χ1) is 8.52. The first kappa shape index (κ1) is 14.0. The van der Waals surface area contributed by atoms with Gasteiger partial charge >= 0.3 is 6.61 Å². The van der Waals surface area contributed by atoms with E-state index in [4.69, 9.17) is 6.42 Å². The van der Waals surface area contributed by atoms with E-state index in [1.165, 1.54) is 24.3 Å². The van der Waals surface area contributed by atoms with Crippen molar-refractivity contribution in [1.29, 1.82) is 0 Å². The molecule has 0 aliphatic heterocycles. The van der Waals surface area contributed by atoms with Crippen molar-refractivity contribution in [2.24, 2.45) is 0 Å². The predicted octanol–water partition coefficient (Wildman–Crippen LogP) is 2.43. The number of terminal acetylenes is 1. The molecule has 0 aliphatic rings. The van der Waals surface area contributed by atoms with Crippen LogP contribution in [-0.4, -0.2) is 18.6 Å². The fraction of sp³-hybridized carbons (Fsp3) is 0.308. The van der Waals surface area contributed by atoms with Gasteiger partial charge in [0.1, 0.15) is 5.75 Å². The minimum absolute atomic E-state index is 0.0535. The summed E-state index contributed by atoms with van der Waals surface area (Å²) in [5.41, 5.74) is 0.247. The maximum atomic E-state index is 12.0. The second-order valence-corrected chi connectivity index (χ2v) is 3.69. The van der Waals surface area contributed by atoms with E-state index in [9.17, 15) is 13.6 Å². The van der Waals surface area contributed by atoms with E-state index in [-0.39, 0.29) is 23.3 Å². The van der Waals surface area contributed by atoms with Gasteiger partial charge in [0.05, 0.1) is 0 Å². The lowest BCUT2D eigenvalue weighted by atomic mass is 10.1. The van der Waals surface area contributed by atoms with Gasteiger partial charge in [0.25, 0.3) is 5.91 Å². The molecule has 3 nitrogen and oxygen atoms in total. The zero-order chi connectivity index (χ0) is 13.5. The maximum Gasteiger partial charge on any atom is 0.387 e. The third-order valence-electron chi connectivity index (χ3n) is 2.12. The lowest BCUT2D eigenvalue weighted by Gasteiger charge is -2.11. The second-order valence-electron chi connectivity index (χ2n) is 3.69. The van der Waals surface area contributed by atoms with Crippen LogP contribution in [-0.2, 0) is 0 Å². The zero-order valence-electron chi connectivity index (χ0n) is 9.82. The Kier molecular flexibility index (Phi) is 5.12. The molecule has 0 aliphatic carbocycles. The Bertz CT molecular complexity index is 455. The highest BCUT2D eigenvalue weighted by Crippen LogP contribution is 2.16. The van der Waals surface area contributed by atoms with Crippen molar-refractivity contribution in [3.63, 3.8) is 0 Å². The molecule has 0 fully saturated rings. The highest BCUT2D eigenvalue weighted by atomic mass is 19.3. The fourth-order valence-corrected chi connectivity index (χ4v) is 1.35. The summed E-state index contributed by atoms with van der Waals surface area (Å²) >= 11 is 0. The van der Waals surface area contributed by atoms with Gasteiger partial charge < -0.3 is 10.1 Å². The van der Waals surface area contributed by atoms with Crippen LogP contribution in [0.5, 0.6) is 5.75 Å². The van der Waals surface area contributed by atoms with Gasteiger partial charge in [-0.05, 0) is 25.1 Å². The van der Waals surface area contributed by atoms with E-state index in [1.54, 1.807) is 6.92 Å². The molecule has 0 bridgehead atoms. The molecule has 1 rings (SSSR count). The molecule has 0 saturated heterocycles. The number of carbonyl (C=O) groups excluding carboxylic acids is 1.